The molecule has 0 N–H and O–H groups in total. The molecular formula is C20H23N5O4S. The number of imidazole rings is 1. The van der Waals surface area contributed by atoms with Gasteiger partial charge in [-0.2, -0.15) is 9.29 Å². The minimum Gasteiger partial charge on any atom is -0.497 e. The van der Waals surface area contributed by atoms with Crippen LogP contribution in [0.25, 0.3) is 12.2 Å². The van der Waals surface area contributed by atoms with E-state index in [1.165, 1.54) is 16.8 Å². The summed E-state index contributed by atoms with van der Waals surface area (Å²) >= 11 is 0. The van der Waals surface area contributed by atoms with Crippen molar-refractivity contribution in [3.63, 3.8) is 0 Å². The number of ether oxygens (including phenoxy) is 1. The molecule has 1 aliphatic rings. The Hall–Kier alpha value is -2.98. The lowest BCUT2D eigenvalue weighted by atomic mass is 10.2. The van der Waals surface area contributed by atoms with Crippen molar-refractivity contribution < 1.29 is 17.7 Å². The molecule has 158 valence electrons. The molecule has 0 unspecified atom stereocenters. The van der Waals surface area contributed by atoms with E-state index in [0.717, 1.165) is 30.6 Å². The smallest absolute Gasteiger partial charge is 0.262 e. The summed E-state index contributed by atoms with van der Waals surface area (Å²) < 4.78 is 38.9. The average molecular weight is 430 g/mol. The molecule has 3 heterocycles. The lowest BCUT2D eigenvalue weighted by Crippen LogP contribution is -2.35. The van der Waals surface area contributed by atoms with Gasteiger partial charge in [-0.25, -0.2) is 13.4 Å². The number of nitrogens with zero attached hydrogens (tertiary/aromatic N) is 5. The van der Waals surface area contributed by atoms with Crippen molar-refractivity contribution in [2.45, 2.75) is 30.8 Å². The van der Waals surface area contributed by atoms with Crippen LogP contribution in [0.3, 0.4) is 0 Å². The number of aromatic nitrogens is 4. The van der Waals surface area contributed by atoms with Gasteiger partial charge in [0.1, 0.15) is 5.75 Å². The quantitative estimate of drug-likeness (QED) is 0.569. The Balaban J connectivity index is 1.41. The maximum absolute atomic E-state index is 12.7. The molecule has 2 aromatic heterocycles. The van der Waals surface area contributed by atoms with E-state index >= 15 is 0 Å². The minimum absolute atomic E-state index is 0.0486. The zero-order valence-corrected chi connectivity index (χ0v) is 17.5. The van der Waals surface area contributed by atoms with Crippen LogP contribution in [0.4, 0.5) is 0 Å². The van der Waals surface area contributed by atoms with Gasteiger partial charge >= 0.3 is 0 Å². The molecule has 3 aromatic rings. The number of sulfonamides is 1. The number of rotatable bonds is 7. The van der Waals surface area contributed by atoms with Crippen LogP contribution in [0.5, 0.6) is 5.75 Å². The summed E-state index contributed by atoms with van der Waals surface area (Å²) in [5.41, 5.74) is 0.970. The zero-order valence-electron chi connectivity index (χ0n) is 16.6. The molecule has 30 heavy (non-hydrogen) atoms. The Morgan fingerprint density at radius 3 is 2.63 bits per heavy atom. The van der Waals surface area contributed by atoms with Crippen molar-refractivity contribution in [3.8, 4) is 5.75 Å². The second-order valence-corrected chi connectivity index (χ2v) is 8.89. The van der Waals surface area contributed by atoms with Crippen LogP contribution in [0.1, 0.15) is 36.5 Å². The van der Waals surface area contributed by atoms with E-state index in [-0.39, 0.29) is 11.6 Å². The lowest BCUT2D eigenvalue weighted by molar-refractivity contribution is 0.345. The van der Waals surface area contributed by atoms with Gasteiger partial charge in [0.2, 0.25) is 0 Å². The minimum atomic E-state index is -3.56. The predicted octanol–water partition coefficient (Wildman–Crippen LogP) is 2.67. The van der Waals surface area contributed by atoms with E-state index in [2.05, 4.69) is 15.1 Å². The maximum atomic E-state index is 12.7. The van der Waals surface area contributed by atoms with Gasteiger partial charge < -0.3 is 13.8 Å². The van der Waals surface area contributed by atoms with Crippen molar-refractivity contribution in [2.24, 2.45) is 0 Å². The summed E-state index contributed by atoms with van der Waals surface area (Å²) in [6.45, 7) is 1.36. The number of methoxy groups -OCH3 is 1. The highest BCUT2D eigenvalue weighted by molar-refractivity contribution is 7.89. The first-order valence-electron chi connectivity index (χ1n) is 9.71. The highest BCUT2D eigenvalue weighted by atomic mass is 32.2. The van der Waals surface area contributed by atoms with Gasteiger partial charge in [-0.05, 0) is 36.6 Å². The van der Waals surface area contributed by atoms with Gasteiger partial charge in [-0.1, -0.05) is 23.7 Å². The number of hydrogen-bond acceptors (Lipinski definition) is 7. The Morgan fingerprint density at radius 1 is 1.13 bits per heavy atom. The zero-order chi connectivity index (χ0) is 21.0. The highest BCUT2D eigenvalue weighted by Crippen LogP contribution is 2.19. The van der Waals surface area contributed by atoms with Gasteiger partial charge in [0.05, 0.1) is 20.0 Å². The fourth-order valence-corrected chi connectivity index (χ4v) is 4.69. The summed E-state index contributed by atoms with van der Waals surface area (Å²) in [7, 11) is -1.93. The molecule has 0 amide bonds. The van der Waals surface area contributed by atoms with Crippen LogP contribution in [-0.2, 0) is 16.6 Å². The Morgan fingerprint density at radius 2 is 1.90 bits per heavy atom. The Labute approximate surface area is 175 Å². The SMILES string of the molecule is COc1ccc(/C=C/c2nc(Cn3cnc(S(=O)(=O)N4CCCCC4)c3)no2)cc1. The van der Waals surface area contributed by atoms with Crippen LogP contribution in [0, 0.1) is 0 Å². The van der Waals surface area contributed by atoms with Crippen molar-refractivity contribution in [2.75, 3.05) is 20.2 Å². The molecule has 0 saturated carbocycles. The van der Waals surface area contributed by atoms with E-state index in [1.807, 2.05) is 30.3 Å². The monoisotopic (exact) mass is 429 g/mol. The number of hydrogen-bond donors (Lipinski definition) is 0. The summed E-state index contributed by atoms with van der Waals surface area (Å²) in [5.74, 6) is 1.58. The molecule has 0 atom stereocenters. The van der Waals surface area contributed by atoms with Crippen molar-refractivity contribution in [1.82, 2.24) is 24.0 Å². The molecule has 9 nitrogen and oxygen atoms in total. The fraction of sp³-hybridized carbons (Fsp3) is 0.350. The highest BCUT2D eigenvalue weighted by Gasteiger charge is 2.28. The molecule has 1 aliphatic heterocycles. The molecule has 4 rings (SSSR count). The molecule has 10 heteroatoms. The normalized spacial score (nSPS) is 15.6. The van der Waals surface area contributed by atoms with Gasteiger partial charge in [0.25, 0.3) is 15.9 Å². The first-order chi connectivity index (χ1) is 14.5. The molecule has 1 aromatic carbocycles. The number of benzene rings is 1. The first-order valence-corrected chi connectivity index (χ1v) is 11.2. The van der Waals surface area contributed by atoms with Crippen molar-refractivity contribution in [3.05, 3.63) is 54.1 Å². The van der Waals surface area contributed by atoms with E-state index in [1.54, 1.807) is 17.8 Å². The molecule has 0 aliphatic carbocycles. The van der Waals surface area contributed by atoms with E-state index < -0.39 is 10.0 Å². The fourth-order valence-electron chi connectivity index (χ4n) is 3.24. The summed E-state index contributed by atoms with van der Waals surface area (Å²) in [6.07, 6.45) is 9.39. The Kier molecular flexibility index (Phi) is 5.96. The van der Waals surface area contributed by atoms with Gasteiger partial charge in [0.15, 0.2) is 10.9 Å². The van der Waals surface area contributed by atoms with E-state index in [4.69, 9.17) is 9.26 Å². The van der Waals surface area contributed by atoms with Crippen molar-refractivity contribution >= 4 is 22.2 Å². The first kappa shape index (κ1) is 20.3. The van der Waals surface area contributed by atoms with Crippen LogP contribution >= 0.6 is 0 Å². The van der Waals surface area contributed by atoms with E-state index in [0.29, 0.717) is 24.8 Å². The molecule has 1 saturated heterocycles. The number of piperidine rings is 1. The van der Waals surface area contributed by atoms with Crippen LogP contribution in [0.15, 0.2) is 46.3 Å². The van der Waals surface area contributed by atoms with Gasteiger partial charge in [-0.3, -0.25) is 0 Å². The molecule has 0 bridgehead atoms. The standard InChI is InChI=1S/C20H23N5O4S/c1-28-17-8-5-16(6-9-17)7-10-19-22-18(23-29-19)13-24-14-20(21-15-24)30(26,27)25-11-3-2-4-12-25/h5-10,14-15H,2-4,11-13H2,1H3/b10-7+. The van der Waals surface area contributed by atoms with Crippen LogP contribution in [0.2, 0.25) is 0 Å². The molecule has 0 spiro atoms. The van der Waals surface area contributed by atoms with Crippen molar-refractivity contribution in [1.29, 1.82) is 0 Å². The van der Waals surface area contributed by atoms with Crippen LogP contribution < -0.4 is 4.74 Å². The average Bonchev–Trinajstić information content (AvgIpc) is 3.43. The Bertz CT molecular complexity index is 1110. The molecular weight excluding hydrogens is 406 g/mol. The molecule has 0 radical (unpaired) electrons. The maximum Gasteiger partial charge on any atom is 0.262 e. The van der Waals surface area contributed by atoms with Gasteiger partial charge in [0, 0.05) is 25.4 Å². The largest absolute Gasteiger partial charge is 0.497 e. The van der Waals surface area contributed by atoms with Crippen LogP contribution in [-0.4, -0.2) is 52.6 Å². The second-order valence-electron chi connectivity index (χ2n) is 7.00. The molecule has 1 fully saturated rings. The third-order valence-electron chi connectivity index (χ3n) is 4.87. The predicted molar refractivity (Wildman–Crippen MR) is 110 cm³/mol. The lowest BCUT2D eigenvalue weighted by Gasteiger charge is -2.24. The van der Waals surface area contributed by atoms with E-state index in [9.17, 15) is 8.42 Å². The summed E-state index contributed by atoms with van der Waals surface area (Å²) in [4.78, 5) is 8.40. The second kappa shape index (κ2) is 8.80. The van der Waals surface area contributed by atoms with Gasteiger partial charge in [-0.15, -0.1) is 0 Å². The third kappa shape index (κ3) is 4.60. The summed E-state index contributed by atoms with van der Waals surface area (Å²) in [5, 5.41) is 4.00. The topological polar surface area (TPSA) is 103 Å². The summed E-state index contributed by atoms with van der Waals surface area (Å²) in [6, 6.07) is 7.58. The third-order valence-corrected chi connectivity index (χ3v) is 6.66.